The van der Waals surface area contributed by atoms with Crippen LogP contribution in [0.1, 0.15) is 0 Å². The molecule has 1 heteroatoms. The van der Waals surface area contributed by atoms with Gasteiger partial charge in [-0.25, -0.2) is 0 Å². The van der Waals surface area contributed by atoms with E-state index in [9.17, 15) is 0 Å². The molecule has 0 aromatic carbocycles. The number of allylic oxidation sites excluding steroid dienone is 8. The zero-order valence-electron chi connectivity index (χ0n) is 6.35. The first-order chi connectivity index (χ1) is 5.45. The molecule has 1 radical (unpaired) electrons. The Balaban J connectivity index is 1.90. The van der Waals surface area contributed by atoms with Crippen molar-refractivity contribution in [3.63, 3.8) is 0 Å². The monoisotopic (exact) mass is 245 g/mol. The summed E-state index contributed by atoms with van der Waals surface area (Å²) >= 11 is -0.432. The standard InChI is InChI=1S/2C5H5.In/c2*1-2-4-5-3-1;/h2*1-5H;. The molecule has 0 amide bonds. The molecule has 0 heterocycles. The van der Waals surface area contributed by atoms with Gasteiger partial charge in [0, 0.05) is 0 Å². The van der Waals surface area contributed by atoms with Crippen molar-refractivity contribution in [2.24, 2.45) is 0 Å². The van der Waals surface area contributed by atoms with E-state index < -0.39 is 22.9 Å². The summed E-state index contributed by atoms with van der Waals surface area (Å²) in [5.74, 6) is 0. The summed E-state index contributed by atoms with van der Waals surface area (Å²) in [6, 6.07) is 0. The van der Waals surface area contributed by atoms with Crippen LogP contribution in [0.25, 0.3) is 0 Å². The molecule has 0 N–H and O–H groups in total. The molecule has 2 aliphatic rings. The van der Waals surface area contributed by atoms with E-state index in [1.807, 2.05) is 0 Å². The van der Waals surface area contributed by atoms with E-state index in [2.05, 4.69) is 48.6 Å². The Kier molecular flexibility index (Phi) is 2.37. The summed E-state index contributed by atoms with van der Waals surface area (Å²) < 4.78 is 1.73. The Morgan fingerprint density at radius 1 is 0.636 bits per heavy atom. The Morgan fingerprint density at radius 2 is 1.00 bits per heavy atom. The van der Waals surface area contributed by atoms with Crippen molar-refractivity contribution in [1.29, 1.82) is 0 Å². The van der Waals surface area contributed by atoms with Crippen molar-refractivity contribution < 1.29 is 0 Å². The van der Waals surface area contributed by atoms with Gasteiger partial charge < -0.3 is 0 Å². The summed E-state index contributed by atoms with van der Waals surface area (Å²) in [5, 5.41) is 0. The first-order valence-corrected chi connectivity index (χ1v) is 7.81. The average molecular weight is 245 g/mol. The van der Waals surface area contributed by atoms with E-state index in [0.717, 1.165) is 7.35 Å². The van der Waals surface area contributed by atoms with Crippen LogP contribution in [0.5, 0.6) is 0 Å². The fraction of sp³-hybridized carbons (Fsp3) is 0.200. The van der Waals surface area contributed by atoms with Gasteiger partial charge in [0.2, 0.25) is 0 Å². The average Bonchev–Trinajstić information content (AvgIpc) is 2.60. The minimum atomic E-state index is -0.432. The van der Waals surface area contributed by atoms with Gasteiger partial charge in [-0.3, -0.25) is 0 Å². The van der Waals surface area contributed by atoms with E-state index in [1.54, 1.807) is 0 Å². The maximum absolute atomic E-state index is 2.35. The molecule has 0 bridgehead atoms. The molecule has 0 aromatic rings. The van der Waals surface area contributed by atoms with Gasteiger partial charge >= 0.3 is 78.9 Å². The topological polar surface area (TPSA) is 0 Å². The predicted octanol–water partition coefficient (Wildman–Crippen LogP) is 2.52. The molecule has 11 heavy (non-hydrogen) atoms. The molecule has 0 nitrogen and oxygen atoms in total. The normalized spacial score (nSPS) is 22.2. The van der Waals surface area contributed by atoms with Crippen LogP contribution in [0, 0.1) is 0 Å². The summed E-state index contributed by atoms with van der Waals surface area (Å²) in [4.78, 5) is 0. The van der Waals surface area contributed by atoms with Gasteiger partial charge in [0.1, 0.15) is 0 Å². The van der Waals surface area contributed by atoms with Crippen molar-refractivity contribution in [3.8, 4) is 0 Å². The van der Waals surface area contributed by atoms with Crippen LogP contribution in [0.15, 0.2) is 48.6 Å². The fourth-order valence-corrected chi connectivity index (χ4v) is 5.81. The van der Waals surface area contributed by atoms with Crippen LogP contribution in [-0.2, 0) is 0 Å². The van der Waals surface area contributed by atoms with Crippen molar-refractivity contribution in [2.45, 2.75) is 7.35 Å². The summed E-state index contributed by atoms with van der Waals surface area (Å²) in [7, 11) is 0. The van der Waals surface area contributed by atoms with E-state index in [4.69, 9.17) is 0 Å². The van der Waals surface area contributed by atoms with Crippen LogP contribution >= 0.6 is 0 Å². The van der Waals surface area contributed by atoms with Crippen molar-refractivity contribution in [2.75, 3.05) is 0 Å². The Labute approximate surface area is 78.7 Å². The first kappa shape index (κ1) is 7.48. The van der Waals surface area contributed by atoms with Crippen LogP contribution < -0.4 is 0 Å². The molecule has 0 fully saturated rings. The summed E-state index contributed by atoms with van der Waals surface area (Å²) in [5.41, 5.74) is 0. The van der Waals surface area contributed by atoms with Crippen LogP contribution in [0.2, 0.25) is 7.35 Å². The fourth-order valence-electron chi connectivity index (χ4n) is 1.41. The molecule has 0 saturated heterocycles. The number of hydrogen-bond donors (Lipinski definition) is 0. The van der Waals surface area contributed by atoms with Gasteiger partial charge in [0.15, 0.2) is 0 Å². The molecule has 0 spiro atoms. The third kappa shape index (κ3) is 1.90. The minimum absolute atomic E-state index is 0.432. The molecule has 0 unspecified atom stereocenters. The molecule has 2 aliphatic carbocycles. The molecule has 2 rings (SSSR count). The van der Waals surface area contributed by atoms with Gasteiger partial charge in [-0.15, -0.1) is 0 Å². The van der Waals surface area contributed by atoms with Crippen molar-refractivity contribution in [3.05, 3.63) is 48.6 Å². The Bertz CT molecular complexity index is 196. The molecule has 0 saturated carbocycles. The van der Waals surface area contributed by atoms with E-state index in [1.165, 1.54) is 0 Å². The SMILES string of the molecule is C1=C[CH]([In][CH]2C=CC=C2)C=C1. The zero-order valence-corrected chi connectivity index (χ0v) is 9.65. The third-order valence-corrected chi connectivity index (χ3v) is 7.07. The van der Waals surface area contributed by atoms with Gasteiger partial charge in [0.05, 0.1) is 0 Å². The van der Waals surface area contributed by atoms with Crippen LogP contribution in [0.4, 0.5) is 0 Å². The second-order valence-corrected chi connectivity index (χ2v) is 8.38. The van der Waals surface area contributed by atoms with E-state index >= 15 is 0 Å². The van der Waals surface area contributed by atoms with E-state index in [-0.39, 0.29) is 0 Å². The zero-order chi connectivity index (χ0) is 7.52. The molecule has 53 valence electrons. The third-order valence-electron chi connectivity index (χ3n) is 2.00. The Morgan fingerprint density at radius 3 is 1.36 bits per heavy atom. The van der Waals surface area contributed by atoms with E-state index in [0.29, 0.717) is 0 Å². The second kappa shape index (κ2) is 3.49. The predicted molar refractivity (Wildman–Crippen MR) is 49.8 cm³/mol. The molecule has 0 atom stereocenters. The number of hydrogen-bond acceptors (Lipinski definition) is 0. The Hall–Kier alpha value is -0.170. The molecular weight excluding hydrogens is 235 g/mol. The van der Waals surface area contributed by atoms with Gasteiger partial charge in [0.25, 0.3) is 0 Å². The summed E-state index contributed by atoms with van der Waals surface area (Å²) in [6.07, 6.45) is 18.1. The number of rotatable bonds is 2. The molecule has 0 aliphatic heterocycles. The van der Waals surface area contributed by atoms with Gasteiger partial charge in [-0.05, 0) is 0 Å². The molecule has 0 aromatic heterocycles. The second-order valence-electron chi connectivity index (χ2n) is 2.89. The quantitative estimate of drug-likeness (QED) is 0.701. The van der Waals surface area contributed by atoms with Crippen LogP contribution in [-0.4, -0.2) is 22.9 Å². The molecular formula is C10H10In. The summed E-state index contributed by atoms with van der Waals surface area (Å²) in [6.45, 7) is 0. The maximum atomic E-state index is 2.35. The van der Waals surface area contributed by atoms with Gasteiger partial charge in [-0.2, -0.15) is 0 Å². The van der Waals surface area contributed by atoms with Crippen molar-refractivity contribution in [1.82, 2.24) is 0 Å². The van der Waals surface area contributed by atoms with Gasteiger partial charge in [-0.1, -0.05) is 0 Å². The van der Waals surface area contributed by atoms with Crippen molar-refractivity contribution >= 4 is 22.9 Å². The van der Waals surface area contributed by atoms with Crippen LogP contribution in [0.3, 0.4) is 0 Å². The first-order valence-electron chi connectivity index (χ1n) is 4.00.